The van der Waals surface area contributed by atoms with E-state index in [2.05, 4.69) is 32.3 Å². The normalized spacial score (nSPS) is 26.7. The third kappa shape index (κ3) is 3.29. The summed E-state index contributed by atoms with van der Waals surface area (Å²) in [6, 6.07) is 5.86. The summed E-state index contributed by atoms with van der Waals surface area (Å²) >= 11 is 1.35. The Morgan fingerprint density at radius 1 is 1.21 bits per heavy atom. The highest BCUT2D eigenvalue weighted by atomic mass is 32.1. The zero-order valence-electron chi connectivity index (χ0n) is 16.3. The van der Waals surface area contributed by atoms with E-state index in [0.717, 1.165) is 30.5 Å². The van der Waals surface area contributed by atoms with Crippen molar-refractivity contribution in [3.63, 3.8) is 0 Å². The molecule has 2 aliphatic heterocycles. The summed E-state index contributed by atoms with van der Waals surface area (Å²) in [5, 5.41) is 26.8. The Bertz CT molecular complexity index is 992. The molecule has 152 valence electrons. The van der Waals surface area contributed by atoms with Crippen molar-refractivity contribution in [1.82, 2.24) is 25.3 Å². The molecule has 0 radical (unpaired) electrons. The van der Waals surface area contributed by atoms with Crippen LogP contribution in [0.15, 0.2) is 30.6 Å². The first-order valence-electron chi connectivity index (χ1n) is 9.70. The number of likely N-dealkylation sites (N-methyl/N-ethyl adjacent to an activating group) is 1. The van der Waals surface area contributed by atoms with E-state index in [0.29, 0.717) is 27.7 Å². The van der Waals surface area contributed by atoms with Gasteiger partial charge in [0, 0.05) is 37.4 Å². The van der Waals surface area contributed by atoms with Gasteiger partial charge in [-0.05, 0) is 37.6 Å². The van der Waals surface area contributed by atoms with E-state index in [1.54, 1.807) is 25.6 Å². The molecule has 1 aliphatic carbocycles. The first-order chi connectivity index (χ1) is 14.1. The number of ether oxygens (including phenoxy) is 2. The number of aromatic nitrogens is 4. The van der Waals surface area contributed by atoms with Crippen LogP contribution < -0.4 is 4.74 Å². The van der Waals surface area contributed by atoms with Gasteiger partial charge in [0.25, 0.3) is 5.19 Å². The van der Waals surface area contributed by atoms with Crippen LogP contribution in [0.25, 0.3) is 21.7 Å². The average Bonchev–Trinajstić information content (AvgIpc) is 3.41. The van der Waals surface area contributed by atoms with Gasteiger partial charge in [-0.25, -0.2) is 0 Å². The molecular formula is C20H23N5O3S. The number of aromatic hydroxyl groups is 1. The van der Waals surface area contributed by atoms with Gasteiger partial charge in [-0.15, -0.1) is 5.10 Å². The third-order valence-corrected chi connectivity index (χ3v) is 6.91. The first kappa shape index (κ1) is 18.5. The average molecular weight is 414 g/mol. The van der Waals surface area contributed by atoms with Gasteiger partial charge in [-0.1, -0.05) is 22.5 Å². The highest BCUT2D eigenvalue weighted by Crippen LogP contribution is 2.40. The molecule has 2 saturated heterocycles. The Balaban J connectivity index is 1.36. The van der Waals surface area contributed by atoms with Gasteiger partial charge in [-0.2, -0.15) is 5.10 Å². The van der Waals surface area contributed by atoms with E-state index in [-0.39, 0.29) is 18.0 Å². The Hall–Kier alpha value is -2.49. The standard InChI is InChI=1S/C20H23N5O3S/c1-25-10-12-4-6-15(25)18(27-2)17(12)28-20-24-23-19(29-20)14-5-3-11(7-16(14)26)13-8-21-22-9-13/h3,5,7-9,12,15,17-18,26H,4,6,10H2,1-2H3,(H,21,22)/t12?,15?,17-,18?/m0/s1. The molecular weight excluding hydrogens is 390 g/mol. The fourth-order valence-electron chi connectivity index (χ4n) is 4.61. The van der Waals surface area contributed by atoms with Crippen molar-refractivity contribution in [2.45, 2.75) is 31.1 Å². The van der Waals surface area contributed by atoms with E-state index in [1.165, 1.54) is 11.3 Å². The molecule has 6 rings (SSSR count). The number of methoxy groups -OCH3 is 1. The van der Waals surface area contributed by atoms with Crippen LogP contribution in [-0.2, 0) is 4.74 Å². The molecule has 4 atom stereocenters. The highest BCUT2D eigenvalue weighted by Gasteiger charge is 2.48. The van der Waals surface area contributed by atoms with E-state index >= 15 is 0 Å². The van der Waals surface area contributed by atoms with Crippen molar-refractivity contribution in [1.29, 1.82) is 0 Å². The highest BCUT2D eigenvalue weighted by molar-refractivity contribution is 7.16. The maximum atomic E-state index is 10.5. The van der Waals surface area contributed by atoms with Gasteiger partial charge in [0.2, 0.25) is 0 Å². The third-order valence-electron chi connectivity index (χ3n) is 6.06. The molecule has 0 spiro atoms. The number of nitrogens with zero attached hydrogens (tertiary/aromatic N) is 4. The van der Waals surface area contributed by atoms with Crippen LogP contribution in [0.3, 0.4) is 0 Å². The van der Waals surface area contributed by atoms with Gasteiger partial charge >= 0.3 is 0 Å². The summed E-state index contributed by atoms with van der Waals surface area (Å²) in [5.74, 6) is 0.574. The molecule has 29 heavy (non-hydrogen) atoms. The zero-order valence-corrected chi connectivity index (χ0v) is 17.1. The van der Waals surface area contributed by atoms with Gasteiger partial charge in [0.05, 0.1) is 11.8 Å². The predicted molar refractivity (Wildman–Crippen MR) is 109 cm³/mol. The molecule has 8 nitrogen and oxygen atoms in total. The number of benzene rings is 1. The number of rotatable bonds is 5. The Kier molecular flexibility index (Phi) is 4.73. The second-order valence-electron chi connectivity index (χ2n) is 7.72. The lowest BCUT2D eigenvalue weighted by Crippen LogP contribution is -2.63. The molecule has 3 aromatic rings. The van der Waals surface area contributed by atoms with Crippen molar-refractivity contribution in [2.75, 3.05) is 20.7 Å². The Labute approximate surface area is 172 Å². The fourth-order valence-corrected chi connectivity index (χ4v) is 5.38. The quantitative estimate of drug-likeness (QED) is 0.664. The smallest absolute Gasteiger partial charge is 0.294 e. The fraction of sp³-hybridized carbons (Fsp3) is 0.450. The van der Waals surface area contributed by atoms with Crippen molar-refractivity contribution in [3.05, 3.63) is 30.6 Å². The summed E-state index contributed by atoms with van der Waals surface area (Å²) in [7, 11) is 3.90. The maximum absolute atomic E-state index is 10.5. The van der Waals surface area contributed by atoms with E-state index in [9.17, 15) is 5.11 Å². The number of hydrogen-bond acceptors (Lipinski definition) is 8. The number of hydrogen-bond donors (Lipinski definition) is 2. The molecule has 4 heterocycles. The number of phenols is 1. The van der Waals surface area contributed by atoms with Crippen LogP contribution in [0.5, 0.6) is 10.9 Å². The second kappa shape index (κ2) is 7.40. The Morgan fingerprint density at radius 2 is 2.10 bits per heavy atom. The minimum atomic E-state index is -0.0205. The minimum absolute atomic E-state index is 0.0205. The lowest BCUT2D eigenvalue weighted by molar-refractivity contribution is -0.136. The number of aromatic amines is 1. The minimum Gasteiger partial charge on any atom is -0.507 e. The molecule has 1 saturated carbocycles. The van der Waals surface area contributed by atoms with Gasteiger partial charge in [0.1, 0.15) is 18.0 Å². The maximum Gasteiger partial charge on any atom is 0.294 e. The number of nitrogens with one attached hydrogen (secondary N) is 1. The first-order valence-corrected chi connectivity index (χ1v) is 10.5. The number of fused-ring (bicyclic) bond motifs is 3. The molecule has 3 fully saturated rings. The molecule has 2 bridgehead atoms. The zero-order chi connectivity index (χ0) is 20.0. The van der Waals surface area contributed by atoms with Gasteiger partial charge in [0.15, 0.2) is 5.01 Å². The summed E-state index contributed by atoms with van der Waals surface area (Å²) in [6.45, 7) is 1.01. The molecule has 9 heteroatoms. The van der Waals surface area contributed by atoms with Crippen molar-refractivity contribution >= 4 is 11.3 Å². The topological polar surface area (TPSA) is 96.4 Å². The summed E-state index contributed by atoms with van der Waals surface area (Å²) in [4.78, 5) is 2.37. The van der Waals surface area contributed by atoms with Gasteiger partial charge < -0.3 is 19.5 Å². The molecule has 0 amide bonds. The molecule has 3 aliphatic rings. The SMILES string of the molecule is COC1C2CCC(CN2C)[C@@H]1Oc1nnc(-c2ccc(-c3cn[nH]c3)cc2O)s1. The molecule has 2 aromatic heterocycles. The van der Waals surface area contributed by atoms with Crippen LogP contribution in [0.1, 0.15) is 12.8 Å². The molecule has 3 unspecified atom stereocenters. The van der Waals surface area contributed by atoms with Crippen LogP contribution in [0.4, 0.5) is 0 Å². The lowest BCUT2D eigenvalue weighted by atomic mass is 9.76. The van der Waals surface area contributed by atoms with Crippen LogP contribution in [-0.4, -0.2) is 69.4 Å². The molecule has 1 aromatic carbocycles. The van der Waals surface area contributed by atoms with E-state index in [4.69, 9.17) is 9.47 Å². The Morgan fingerprint density at radius 3 is 2.83 bits per heavy atom. The number of phenolic OH excluding ortho intramolecular Hbond substituents is 1. The number of piperidine rings is 2. The lowest BCUT2D eigenvalue weighted by Gasteiger charge is -2.51. The van der Waals surface area contributed by atoms with Gasteiger partial charge in [-0.3, -0.25) is 5.10 Å². The van der Waals surface area contributed by atoms with Crippen molar-refractivity contribution in [3.8, 4) is 32.6 Å². The molecule has 2 N–H and O–H groups in total. The second-order valence-corrected chi connectivity index (χ2v) is 8.66. The largest absolute Gasteiger partial charge is 0.507 e. The van der Waals surface area contributed by atoms with E-state index in [1.807, 2.05) is 12.1 Å². The predicted octanol–water partition coefficient (Wildman–Crippen LogP) is 2.79. The summed E-state index contributed by atoms with van der Waals surface area (Å²) in [5.41, 5.74) is 2.43. The summed E-state index contributed by atoms with van der Waals surface area (Å²) < 4.78 is 12.0. The van der Waals surface area contributed by atoms with E-state index < -0.39 is 0 Å². The van der Waals surface area contributed by atoms with Crippen LogP contribution in [0.2, 0.25) is 0 Å². The monoisotopic (exact) mass is 413 g/mol. The van der Waals surface area contributed by atoms with Crippen LogP contribution in [0, 0.1) is 5.92 Å². The van der Waals surface area contributed by atoms with Crippen LogP contribution >= 0.6 is 11.3 Å². The number of H-pyrrole nitrogens is 1. The van der Waals surface area contributed by atoms with Crippen molar-refractivity contribution < 1.29 is 14.6 Å². The van der Waals surface area contributed by atoms with Crippen molar-refractivity contribution in [2.24, 2.45) is 5.92 Å². The summed E-state index contributed by atoms with van der Waals surface area (Å²) in [6.07, 6.45) is 5.79.